The molecule has 1 heterocycles. The lowest BCUT2D eigenvalue weighted by atomic mass is 9.87. The zero-order chi connectivity index (χ0) is 15.5. The number of aromatic nitrogens is 3. The molecule has 0 unspecified atom stereocenters. The average Bonchev–Trinajstić information content (AvgIpc) is 2.81. The summed E-state index contributed by atoms with van der Waals surface area (Å²) in [5, 5.41) is 17.6. The fourth-order valence-corrected chi connectivity index (χ4v) is 2.65. The number of carboxylic acid groups (broad SMARTS) is 1. The first-order valence-corrected chi connectivity index (χ1v) is 7.50. The van der Waals surface area contributed by atoms with Crippen LogP contribution in [0.3, 0.4) is 0 Å². The van der Waals surface area contributed by atoms with E-state index in [2.05, 4.69) is 31.1 Å². The Bertz CT molecular complexity index is 631. The molecule has 114 valence electrons. The summed E-state index contributed by atoms with van der Waals surface area (Å²) >= 11 is 0. The van der Waals surface area contributed by atoms with Gasteiger partial charge in [0.2, 0.25) is 0 Å². The van der Waals surface area contributed by atoms with Crippen molar-refractivity contribution >= 4 is 17.0 Å². The van der Waals surface area contributed by atoms with Crippen LogP contribution in [0, 0.1) is 5.41 Å². The number of unbranched alkanes of at least 4 members (excludes halogenated alkanes) is 2. The quantitative estimate of drug-likeness (QED) is 0.788. The molecule has 0 fully saturated rings. The summed E-state index contributed by atoms with van der Waals surface area (Å²) in [4.78, 5) is 11.4. The van der Waals surface area contributed by atoms with Gasteiger partial charge in [-0.3, -0.25) is 0 Å². The molecule has 21 heavy (non-hydrogen) atoms. The van der Waals surface area contributed by atoms with E-state index in [-0.39, 0.29) is 11.0 Å². The van der Waals surface area contributed by atoms with Gasteiger partial charge < -0.3 is 5.11 Å². The maximum atomic E-state index is 11.4. The van der Waals surface area contributed by atoms with Crippen LogP contribution in [0.15, 0.2) is 18.2 Å². The summed E-state index contributed by atoms with van der Waals surface area (Å²) in [5.74, 6) is -0.937. The van der Waals surface area contributed by atoms with Crippen LogP contribution in [0.5, 0.6) is 0 Å². The van der Waals surface area contributed by atoms with Gasteiger partial charge in [0, 0.05) is 6.54 Å². The molecule has 1 N–H and O–H groups in total. The van der Waals surface area contributed by atoms with E-state index in [0.717, 1.165) is 6.42 Å². The number of hydrogen-bond acceptors (Lipinski definition) is 3. The molecule has 0 spiro atoms. The third kappa shape index (κ3) is 3.60. The van der Waals surface area contributed by atoms with Gasteiger partial charge in [0.25, 0.3) is 0 Å². The lowest BCUT2D eigenvalue weighted by Crippen LogP contribution is -2.21. The highest BCUT2D eigenvalue weighted by molar-refractivity contribution is 6.00. The smallest absolute Gasteiger partial charge is 0.337 e. The molecule has 1 aromatic heterocycles. The first-order chi connectivity index (χ1) is 9.94. The zero-order valence-corrected chi connectivity index (χ0v) is 13.0. The molecule has 0 radical (unpaired) electrons. The number of fused-ring (bicyclic) bond motifs is 1. The van der Waals surface area contributed by atoms with Crippen LogP contribution in [0.4, 0.5) is 0 Å². The Morgan fingerprint density at radius 1 is 1.33 bits per heavy atom. The van der Waals surface area contributed by atoms with Gasteiger partial charge in [0.15, 0.2) is 0 Å². The Morgan fingerprint density at radius 2 is 2.10 bits per heavy atom. The number of rotatable bonds is 7. The average molecular weight is 289 g/mol. The molecule has 0 saturated heterocycles. The fourth-order valence-electron chi connectivity index (χ4n) is 2.65. The predicted molar refractivity (Wildman–Crippen MR) is 82.4 cm³/mol. The molecule has 5 nitrogen and oxygen atoms in total. The summed E-state index contributed by atoms with van der Waals surface area (Å²) in [6.45, 7) is 7.26. The third-order valence-corrected chi connectivity index (χ3v) is 3.80. The predicted octanol–water partition coefficient (Wildman–Crippen LogP) is 3.74. The van der Waals surface area contributed by atoms with E-state index in [4.69, 9.17) is 0 Å². The standard InChI is InChI=1S/C16H23N3O2/c1-4-5-6-10-16(2,3)11-19-14-12(15(20)21)8-7-9-13(14)17-18-19/h7-9H,4-6,10-11H2,1-3H3,(H,20,21). The zero-order valence-electron chi connectivity index (χ0n) is 13.0. The van der Waals surface area contributed by atoms with Gasteiger partial charge in [0.05, 0.1) is 5.56 Å². The Balaban J connectivity index is 2.28. The van der Waals surface area contributed by atoms with Crippen molar-refractivity contribution in [3.8, 4) is 0 Å². The van der Waals surface area contributed by atoms with Crippen LogP contribution < -0.4 is 0 Å². The van der Waals surface area contributed by atoms with Crippen molar-refractivity contribution in [2.45, 2.75) is 53.0 Å². The maximum absolute atomic E-state index is 11.4. The summed E-state index contributed by atoms with van der Waals surface area (Å²) in [6.07, 6.45) is 4.70. The normalized spacial score (nSPS) is 12.0. The van der Waals surface area contributed by atoms with Crippen LogP contribution in [-0.4, -0.2) is 26.1 Å². The second-order valence-electron chi connectivity index (χ2n) is 6.35. The Labute approximate surface area is 125 Å². The van der Waals surface area contributed by atoms with E-state index in [0.29, 0.717) is 17.6 Å². The number of carbonyl (C=O) groups is 1. The van der Waals surface area contributed by atoms with Crippen molar-refractivity contribution in [2.24, 2.45) is 5.41 Å². The van der Waals surface area contributed by atoms with Gasteiger partial charge in [-0.2, -0.15) is 0 Å². The molecule has 0 atom stereocenters. The summed E-state index contributed by atoms with van der Waals surface area (Å²) in [5.41, 5.74) is 1.59. The lowest BCUT2D eigenvalue weighted by Gasteiger charge is -2.24. The highest BCUT2D eigenvalue weighted by atomic mass is 16.4. The molecule has 5 heteroatoms. The first-order valence-electron chi connectivity index (χ1n) is 7.50. The summed E-state index contributed by atoms with van der Waals surface area (Å²) in [7, 11) is 0. The van der Waals surface area contributed by atoms with Gasteiger partial charge in [0.1, 0.15) is 11.0 Å². The fraction of sp³-hybridized carbons (Fsp3) is 0.562. The van der Waals surface area contributed by atoms with Crippen LogP contribution in [0.1, 0.15) is 56.8 Å². The topological polar surface area (TPSA) is 68.0 Å². The minimum atomic E-state index is -0.937. The molecular weight excluding hydrogens is 266 g/mol. The Hall–Kier alpha value is -1.91. The molecule has 1 aromatic carbocycles. The second kappa shape index (κ2) is 6.24. The van der Waals surface area contributed by atoms with Crippen LogP contribution in [0.2, 0.25) is 0 Å². The van der Waals surface area contributed by atoms with Crippen LogP contribution in [-0.2, 0) is 6.54 Å². The molecule has 0 aliphatic carbocycles. The van der Waals surface area contributed by atoms with Crippen molar-refractivity contribution in [1.29, 1.82) is 0 Å². The van der Waals surface area contributed by atoms with Crippen molar-refractivity contribution < 1.29 is 9.90 Å². The van der Waals surface area contributed by atoms with E-state index in [1.165, 1.54) is 19.3 Å². The molecule has 0 saturated carbocycles. The minimum Gasteiger partial charge on any atom is -0.478 e. The van der Waals surface area contributed by atoms with E-state index in [1.54, 1.807) is 22.9 Å². The van der Waals surface area contributed by atoms with Gasteiger partial charge in [-0.05, 0) is 24.0 Å². The van der Waals surface area contributed by atoms with E-state index in [1.807, 2.05) is 0 Å². The van der Waals surface area contributed by atoms with Gasteiger partial charge in [-0.25, -0.2) is 9.48 Å². The van der Waals surface area contributed by atoms with E-state index in [9.17, 15) is 9.90 Å². The number of hydrogen-bond donors (Lipinski definition) is 1. The Morgan fingerprint density at radius 3 is 2.76 bits per heavy atom. The van der Waals surface area contributed by atoms with Crippen molar-refractivity contribution in [3.63, 3.8) is 0 Å². The van der Waals surface area contributed by atoms with E-state index < -0.39 is 5.97 Å². The van der Waals surface area contributed by atoms with Crippen LogP contribution >= 0.6 is 0 Å². The van der Waals surface area contributed by atoms with Crippen LogP contribution in [0.25, 0.3) is 11.0 Å². The molecular formula is C16H23N3O2. The molecule has 0 bridgehead atoms. The minimum absolute atomic E-state index is 0.0708. The molecule has 0 aliphatic heterocycles. The van der Waals surface area contributed by atoms with Crippen molar-refractivity contribution in [1.82, 2.24) is 15.0 Å². The molecule has 0 amide bonds. The van der Waals surface area contributed by atoms with Crippen molar-refractivity contribution in [3.05, 3.63) is 23.8 Å². The third-order valence-electron chi connectivity index (χ3n) is 3.80. The van der Waals surface area contributed by atoms with E-state index >= 15 is 0 Å². The number of carboxylic acids is 1. The Kier molecular flexibility index (Phi) is 4.60. The lowest BCUT2D eigenvalue weighted by molar-refractivity contribution is 0.0698. The number of benzene rings is 1. The second-order valence-corrected chi connectivity index (χ2v) is 6.35. The summed E-state index contributed by atoms with van der Waals surface area (Å²) in [6, 6.07) is 5.11. The molecule has 0 aliphatic rings. The highest BCUT2D eigenvalue weighted by Crippen LogP contribution is 2.28. The highest BCUT2D eigenvalue weighted by Gasteiger charge is 2.22. The number of nitrogens with zero attached hydrogens (tertiary/aromatic N) is 3. The monoisotopic (exact) mass is 289 g/mol. The molecule has 2 aromatic rings. The summed E-state index contributed by atoms with van der Waals surface area (Å²) < 4.78 is 1.74. The number of aromatic carboxylic acids is 1. The maximum Gasteiger partial charge on any atom is 0.337 e. The molecule has 2 rings (SSSR count). The first kappa shape index (κ1) is 15.5. The largest absolute Gasteiger partial charge is 0.478 e. The SMILES string of the molecule is CCCCCC(C)(C)Cn1nnc2cccc(C(=O)O)c21. The number of para-hydroxylation sites is 1. The van der Waals surface area contributed by atoms with Gasteiger partial charge >= 0.3 is 5.97 Å². The van der Waals surface area contributed by atoms with Gasteiger partial charge in [-0.15, -0.1) is 5.10 Å². The van der Waals surface area contributed by atoms with Crippen molar-refractivity contribution in [2.75, 3.05) is 0 Å². The van der Waals surface area contributed by atoms with Gasteiger partial charge in [-0.1, -0.05) is 51.3 Å².